The monoisotopic (exact) mass is 487 g/mol. The van der Waals surface area contributed by atoms with E-state index in [4.69, 9.17) is 4.74 Å². The van der Waals surface area contributed by atoms with Crippen molar-refractivity contribution in [1.29, 1.82) is 0 Å². The Morgan fingerprint density at radius 3 is 2.48 bits per heavy atom. The van der Waals surface area contributed by atoms with Gasteiger partial charge in [-0.25, -0.2) is 18.2 Å². The number of sulfonamides is 1. The van der Waals surface area contributed by atoms with E-state index in [1.807, 2.05) is 29.6 Å². The summed E-state index contributed by atoms with van der Waals surface area (Å²) in [6, 6.07) is 10.7. The minimum atomic E-state index is -3.45. The number of hydrogen-bond donors (Lipinski definition) is 2. The standard InChI is InChI=1S/C22H25N5O4S2/c28-22(25-14-21-26-20(15-32-21)17-5-7-23-8-6-17)24-13-18-3-1-2-4-19(18)16-33(29,30)27-9-11-31-12-10-27/h1-8,15H,9-14,16H2,(H2,24,25,28). The molecule has 0 radical (unpaired) electrons. The number of rotatable bonds is 8. The minimum absolute atomic E-state index is 0.108. The number of carbonyl (C=O) groups excluding carboxylic acids is 1. The number of hydrogen-bond acceptors (Lipinski definition) is 7. The molecule has 0 bridgehead atoms. The molecular weight excluding hydrogens is 462 g/mol. The van der Waals surface area contributed by atoms with Gasteiger partial charge in [-0.05, 0) is 23.3 Å². The van der Waals surface area contributed by atoms with Gasteiger partial charge in [0.2, 0.25) is 10.0 Å². The number of amides is 2. The highest BCUT2D eigenvalue weighted by atomic mass is 32.2. The summed E-state index contributed by atoms with van der Waals surface area (Å²) < 4.78 is 32.2. The van der Waals surface area contributed by atoms with Crippen LogP contribution in [0.25, 0.3) is 11.3 Å². The summed E-state index contributed by atoms with van der Waals surface area (Å²) >= 11 is 1.47. The molecule has 0 unspecified atom stereocenters. The summed E-state index contributed by atoms with van der Waals surface area (Å²) in [7, 11) is -3.45. The maximum absolute atomic E-state index is 12.8. The lowest BCUT2D eigenvalue weighted by molar-refractivity contribution is 0.0729. The zero-order valence-corrected chi connectivity index (χ0v) is 19.6. The van der Waals surface area contributed by atoms with E-state index in [-0.39, 0.29) is 18.3 Å². The van der Waals surface area contributed by atoms with Crippen molar-refractivity contribution in [2.45, 2.75) is 18.8 Å². The number of thiazole rings is 1. The molecule has 1 aliphatic heterocycles. The Kier molecular flexibility index (Phi) is 7.65. The average molecular weight is 488 g/mol. The highest BCUT2D eigenvalue weighted by molar-refractivity contribution is 7.88. The maximum Gasteiger partial charge on any atom is 0.315 e. The van der Waals surface area contributed by atoms with Crippen molar-refractivity contribution in [3.05, 3.63) is 70.3 Å². The van der Waals surface area contributed by atoms with Gasteiger partial charge in [0.15, 0.2) is 0 Å². The first kappa shape index (κ1) is 23.3. The highest BCUT2D eigenvalue weighted by Gasteiger charge is 2.25. The van der Waals surface area contributed by atoms with Crippen LogP contribution < -0.4 is 10.6 Å². The van der Waals surface area contributed by atoms with Gasteiger partial charge in [0.05, 0.1) is 31.2 Å². The lowest BCUT2D eigenvalue weighted by Crippen LogP contribution is -2.41. The molecule has 2 amide bonds. The van der Waals surface area contributed by atoms with E-state index < -0.39 is 10.0 Å². The summed E-state index contributed by atoms with van der Waals surface area (Å²) in [6.45, 7) is 2.07. The van der Waals surface area contributed by atoms with Gasteiger partial charge in [-0.2, -0.15) is 4.31 Å². The van der Waals surface area contributed by atoms with Crippen LogP contribution in [0.1, 0.15) is 16.1 Å². The zero-order valence-electron chi connectivity index (χ0n) is 17.9. The predicted molar refractivity (Wildman–Crippen MR) is 126 cm³/mol. The number of pyridine rings is 1. The van der Waals surface area contributed by atoms with Crippen molar-refractivity contribution in [3.8, 4) is 11.3 Å². The first-order valence-corrected chi connectivity index (χ1v) is 13.0. The van der Waals surface area contributed by atoms with Crippen LogP contribution in [0.3, 0.4) is 0 Å². The van der Waals surface area contributed by atoms with Crippen LogP contribution in [-0.2, 0) is 33.6 Å². The van der Waals surface area contributed by atoms with Crippen LogP contribution in [0, 0.1) is 0 Å². The largest absolute Gasteiger partial charge is 0.379 e. The first-order valence-electron chi connectivity index (χ1n) is 10.5. The summed E-state index contributed by atoms with van der Waals surface area (Å²) in [6.07, 6.45) is 3.42. The second kappa shape index (κ2) is 10.8. The van der Waals surface area contributed by atoms with Crippen molar-refractivity contribution in [3.63, 3.8) is 0 Å². The van der Waals surface area contributed by atoms with Crippen molar-refractivity contribution in [2.24, 2.45) is 0 Å². The number of urea groups is 1. The van der Waals surface area contributed by atoms with Gasteiger partial charge in [0, 0.05) is 43.0 Å². The maximum atomic E-state index is 12.8. The fourth-order valence-electron chi connectivity index (χ4n) is 3.42. The SMILES string of the molecule is O=C(NCc1nc(-c2ccncc2)cs1)NCc1ccccc1CS(=O)(=O)N1CCOCC1. The molecule has 1 saturated heterocycles. The normalized spacial score (nSPS) is 14.7. The number of aromatic nitrogens is 2. The topological polar surface area (TPSA) is 114 Å². The molecule has 2 N–H and O–H groups in total. The third-order valence-electron chi connectivity index (χ3n) is 5.19. The summed E-state index contributed by atoms with van der Waals surface area (Å²) in [4.78, 5) is 20.9. The second-order valence-electron chi connectivity index (χ2n) is 7.43. The van der Waals surface area contributed by atoms with Gasteiger partial charge in [-0.15, -0.1) is 11.3 Å². The number of nitrogens with zero attached hydrogens (tertiary/aromatic N) is 3. The Balaban J connectivity index is 1.30. The Morgan fingerprint density at radius 1 is 1.03 bits per heavy atom. The van der Waals surface area contributed by atoms with E-state index in [1.165, 1.54) is 15.6 Å². The van der Waals surface area contributed by atoms with Gasteiger partial charge in [-0.3, -0.25) is 4.98 Å². The molecule has 174 valence electrons. The molecule has 3 aromatic rings. The molecule has 2 aromatic heterocycles. The van der Waals surface area contributed by atoms with Crippen molar-refractivity contribution in [2.75, 3.05) is 26.3 Å². The molecule has 3 heterocycles. The molecule has 1 aliphatic rings. The number of benzene rings is 1. The van der Waals surface area contributed by atoms with Crippen molar-refractivity contribution >= 4 is 27.4 Å². The van der Waals surface area contributed by atoms with Gasteiger partial charge < -0.3 is 15.4 Å². The Hall–Kier alpha value is -2.86. The number of morpholine rings is 1. The van der Waals surface area contributed by atoms with E-state index in [0.29, 0.717) is 38.4 Å². The van der Waals surface area contributed by atoms with E-state index in [0.717, 1.165) is 21.8 Å². The predicted octanol–water partition coefficient (Wildman–Crippen LogP) is 2.37. The van der Waals surface area contributed by atoms with E-state index >= 15 is 0 Å². The van der Waals surface area contributed by atoms with Crippen LogP contribution in [0.4, 0.5) is 4.79 Å². The molecule has 0 spiro atoms. The molecule has 0 aliphatic carbocycles. The van der Waals surface area contributed by atoms with Crippen LogP contribution in [0.2, 0.25) is 0 Å². The second-order valence-corrected chi connectivity index (χ2v) is 10.3. The molecular formula is C22H25N5O4S2. The Morgan fingerprint density at radius 2 is 1.73 bits per heavy atom. The summed E-state index contributed by atoms with van der Waals surface area (Å²) in [5.41, 5.74) is 3.25. The quantitative estimate of drug-likeness (QED) is 0.504. The third-order valence-corrected chi connectivity index (χ3v) is 7.86. The summed E-state index contributed by atoms with van der Waals surface area (Å²) in [5.74, 6) is -0.108. The fraction of sp³-hybridized carbons (Fsp3) is 0.318. The molecule has 1 aromatic carbocycles. The smallest absolute Gasteiger partial charge is 0.315 e. The minimum Gasteiger partial charge on any atom is -0.379 e. The van der Waals surface area contributed by atoms with Crippen LogP contribution in [0.15, 0.2) is 54.2 Å². The molecule has 1 fully saturated rings. The number of ether oxygens (including phenoxy) is 1. The molecule has 11 heteroatoms. The lowest BCUT2D eigenvalue weighted by Gasteiger charge is -2.26. The highest BCUT2D eigenvalue weighted by Crippen LogP contribution is 2.21. The number of nitrogens with one attached hydrogen (secondary N) is 2. The Bertz CT molecular complexity index is 1180. The summed E-state index contributed by atoms with van der Waals surface area (Å²) in [5, 5.41) is 8.33. The fourth-order valence-corrected chi connectivity index (χ4v) is 5.73. The zero-order chi connectivity index (χ0) is 23.1. The van der Waals surface area contributed by atoms with Crippen molar-refractivity contribution in [1.82, 2.24) is 24.9 Å². The third kappa shape index (κ3) is 6.35. The van der Waals surface area contributed by atoms with Gasteiger partial charge in [0.1, 0.15) is 5.01 Å². The average Bonchev–Trinajstić information content (AvgIpc) is 3.32. The molecule has 9 nitrogen and oxygen atoms in total. The molecule has 0 saturated carbocycles. The van der Waals surface area contributed by atoms with Crippen LogP contribution >= 0.6 is 11.3 Å². The Labute approximate surface area is 196 Å². The molecule has 0 atom stereocenters. The lowest BCUT2D eigenvalue weighted by atomic mass is 10.1. The van der Waals surface area contributed by atoms with Crippen LogP contribution in [-0.4, -0.2) is 55.0 Å². The number of carbonyl (C=O) groups is 1. The van der Waals surface area contributed by atoms with Crippen LogP contribution in [0.5, 0.6) is 0 Å². The first-order chi connectivity index (χ1) is 16.0. The van der Waals surface area contributed by atoms with E-state index in [9.17, 15) is 13.2 Å². The van der Waals surface area contributed by atoms with Gasteiger partial charge >= 0.3 is 6.03 Å². The molecule has 4 rings (SSSR count). The van der Waals surface area contributed by atoms with Crippen molar-refractivity contribution < 1.29 is 17.9 Å². The van der Waals surface area contributed by atoms with E-state index in [2.05, 4.69) is 20.6 Å². The van der Waals surface area contributed by atoms with Gasteiger partial charge in [0.25, 0.3) is 0 Å². The van der Waals surface area contributed by atoms with E-state index in [1.54, 1.807) is 24.5 Å². The van der Waals surface area contributed by atoms with Gasteiger partial charge in [-0.1, -0.05) is 24.3 Å². The molecule has 33 heavy (non-hydrogen) atoms.